The molecule has 1 atom stereocenters. The van der Waals surface area contributed by atoms with Gasteiger partial charge in [-0.15, -0.1) is 0 Å². The number of amides is 1. The Balaban J connectivity index is 2.19. The van der Waals surface area contributed by atoms with E-state index in [1.807, 2.05) is 0 Å². The molecule has 0 aromatic carbocycles. The number of aliphatic hydroxyl groups is 1. The summed E-state index contributed by atoms with van der Waals surface area (Å²) in [6.07, 6.45) is -0.468. The Kier molecular flexibility index (Phi) is 5.62. The predicted octanol–water partition coefficient (Wildman–Crippen LogP) is 1.28. The predicted molar refractivity (Wildman–Crippen MR) is 91.6 cm³/mol. The van der Waals surface area contributed by atoms with Gasteiger partial charge in [-0.2, -0.15) is 5.26 Å². The molecule has 1 aliphatic rings. The first-order chi connectivity index (χ1) is 12.2. The number of carbonyl (C=O) groups is 1. The lowest BCUT2D eigenvalue weighted by Crippen LogP contribution is -2.57. The second kappa shape index (κ2) is 7.53. The summed E-state index contributed by atoms with van der Waals surface area (Å²) < 4.78 is 5.34. The molecule has 0 unspecified atom stereocenters. The van der Waals surface area contributed by atoms with Crippen molar-refractivity contribution in [1.29, 1.82) is 5.26 Å². The van der Waals surface area contributed by atoms with Crippen molar-refractivity contribution in [2.45, 2.75) is 32.4 Å². The van der Waals surface area contributed by atoms with Gasteiger partial charge in [0.25, 0.3) is 0 Å². The lowest BCUT2D eigenvalue weighted by Gasteiger charge is -2.41. The fourth-order valence-electron chi connectivity index (χ4n) is 2.64. The van der Waals surface area contributed by atoms with Crippen LogP contribution in [0, 0.1) is 21.4 Å². The zero-order chi connectivity index (χ0) is 19.5. The molecule has 2 heterocycles. The number of anilines is 1. The van der Waals surface area contributed by atoms with Gasteiger partial charge >= 0.3 is 11.8 Å². The van der Waals surface area contributed by atoms with Gasteiger partial charge < -0.3 is 19.6 Å². The Morgan fingerprint density at radius 3 is 2.73 bits per heavy atom. The normalized spacial score (nSPS) is 17.6. The molecule has 10 heteroatoms. The van der Waals surface area contributed by atoms with Gasteiger partial charge in [0.1, 0.15) is 17.5 Å². The van der Waals surface area contributed by atoms with Crippen LogP contribution in [0.2, 0.25) is 0 Å². The van der Waals surface area contributed by atoms with Crippen LogP contribution < -0.4 is 4.90 Å². The number of nitrogens with zero attached hydrogens (tertiary/aromatic N) is 5. The van der Waals surface area contributed by atoms with E-state index in [1.54, 1.807) is 31.7 Å². The zero-order valence-corrected chi connectivity index (χ0v) is 14.9. The minimum Gasteiger partial charge on any atom is -0.444 e. The second-order valence-electron chi connectivity index (χ2n) is 6.86. The minimum atomic E-state index is -0.667. The molecule has 0 aliphatic carbocycles. The monoisotopic (exact) mass is 363 g/mol. The average molecular weight is 363 g/mol. The number of rotatable bonds is 3. The third-order valence-electron chi connectivity index (χ3n) is 3.80. The number of aliphatic hydroxyl groups excluding tert-OH is 1. The fourth-order valence-corrected chi connectivity index (χ4v) is 2.64. The van der Waals surface area contributed by atoms with Gasteiger partial charge in [0.05, 0.1) is 17.6 Å². The number of aromatic nitrogens is 1. The highest BCUT2D eigenvalue weighted by Gasteiger charge is 2.33. The number of nitro groups is 1. The van der Waals surface area contributed by atoms with E-state index in [-0.39, 0.29) is 24.5 Å². The van der Waals surface area contributed by atoms with Crippen molar-refractivity contribution in [2.24, 2.45) is 0 Å². The molecule has 1 N–H and O–H groups in total. The summed E-state index contributed by atoms with van der Waals surface area (Å²) in [6.45, 7) is 5.97. The van der Waals surface area contributed by atoms with Gasteiger partial charge in [-0.1, -0.05) is 0 Å². The van der Waals surface area contributed by atoms with Crippen molar-refractivity contribution in [1.82, 2.24) is 9.88 Å². The first-order valence-electron chi connectivity index (χ1n) is 8.07. The lowest BCUT2D eigenvalue weighted by atomic mass is 10.1. The number of pyridine rings is 1. The summed E-state index contributed by atoms with van der Waals surface area (Å²) in [5.41, 5.74) is -1.28. The van der Waals surface area contributed by atoms with E-state index in [4.69, 9.17) is 10.00 Å². The molecule has 140 valence electrons. The van der Waals surface area contributed by atoms with Crippen molar-refractivity contribution in [3.8, 4) is 6.07 Å². The Hall–Kier alpha value is -2.93. The van der Waals surface area contributed by atoms with E-state index in [1.165, 1.54) is 17.0 Å². The van der Waals surface area contributed by atoms with Crippen LogP contribution in [0.1, 0.15) is 26.5 Å². The molecular formula is C16H21N5O5. The number of hydrogen-bond acceptors (Lipinski definition) is 8. The Morgan fingerprint density at radius 1 is 1.50 bits per heavy atom. The summed E-state index contributed by atoms with van der Waals surface area (Å²) in [7, 11) is 0. The van der Waals surface area contributed by atoms with Gasteiger partial charge in [0.15, 0.2) is 0 Å². The van der Waals surface area contributed by atoms with Crippen LogP contribution >= 0.6 is 0 Å². The molecule has 1 aliphatic heterocycles. The van der Waals surface area contributed by atoms with Crippen LogP contribution in [0.3, 0.4) is 0 Å². The zero-order valence-electron chi connectivity index (χ0n) is 14.9. The van der Waals surface area contributed by atoms with Gasteiger partial charge in [0.2, 0.25) is 5.69 Å². The molecule has 1 fully saturated rings. The third-order valence-corrected chi connectivity index (χ3v) is 3.80. The number of hydrogen-bond donors (Lipinski definition) is 1. The molecule has 0 bridgehead atoms. The van der Waals surface area contributed by atoms with E-state index < -0.39 is 22.7 Å². The highest BCUT2D eigenvalue weighted by atomic mass is 16.6. The molecule has 10 nitrogen and oxygen atoms in total. The highest BCUT2D eigenvalue weighted by molar-refractivity contribution is 5.69. The SMILES string of the molecule is CC(C)(C)OC(=O)N1CCN(c2ccc([N+](=O)[O-])c(C#N)n2)[C@H](CO)C1. The minimum absolute atomic E-state index is 0.214. The van der Waals surface area contributed by atoms with Crippen LogP contribution in [0.5, 0.6) is 0 Å². The molecule has 1 aromatic rings. The topological polar surface area (TPSA) is 133 Å². The first-order valence-corrected chi connectivity index (χ1v) is 8.07. The maximum atomic E-state index is 12.2. The van der Waals surface area contributed by atoms with Gasteiger partial charge in [-0.25, -0.2) is 9.78 Å². The fraction of sp³-hybridized carbons (Fsp3) is 0.562. The van der Waals surface area contributed by atoms with Crippen molar-refractivity contribution >= 4 is 17.6 Å². The summed E-state index contributed by atoms with van der Waals surface area (Å²) in [4.78, 5) is 29.7. The summed E-state index contributed by atoms with van der Waals surface area (Å²) in [6, 6.07) is 3.91. The number of piperazine rings is 1. The van der Waals surface area contributed by atoms with E-state index in [9.17, 15) is 20.0 Å². The molecular weight excluding hydrogens is 342 g/mol. The molecule has 0 spiro atoms. The Morgan fingerprint density at radius 2 is 2.19 bits per heavy atom. The van der Waals surface area contributed by atoms with Crippen LogP contribution in [0.25, 0.3) is 0 Å². The van der Waals surface area contributed by atoms with Gasteiger partial charge in [0, 0.05) is 25.7 Å². The Labute approximate surface area is 150 Å². The summed E-state index contributed by atoms with van der Waals surface area (Å²) >= 11 is 0. The summed E-state index contributed by atoms with van der Waals surface area (Å²) in [5.74, 6) is 0.343. The van der Waals surface area contributed by atoms with Gasteiger partial charge in [-0.3, -0.25) is 10.1 Å². The highest BCUT2D eigenvalue weighted by Crippen LogP contribution is 2.24. The van der Waals surface area contributed by atoms with Crippen LogP contribution in [-0.2, 0) is 4.74 Å². The van der Waals surface area contributed by atoms with E-state index in [2.05, 4.69) is 4.98 Å². The third kappa shape index (κ3) is 4.37. The molecule has 1 amide bonds. The average Bonchev–Trinajstić information content (AvgIpc) is 2.58. The lowest BCUT2D eigenvalue weighted by molar-refractivity contribution is -0.385. The number of ether oxygens (including phenoxy) is 1. The first kappa shape index (κ1) is 19.4. The van der Waals surface area contributed by atoms with Crippen LogP contribution in [0.15, 0.2) is 12.1 Å². The molecule has 0 saturated carbocycles. The smallest absolute Gasteiger partial charge is 0.410 e. The van der Waals surface area contributed by atoms with Gasteiger partial charge in [-0.05, 0) is 26.8 Å². The van der Waals surface area contributed by atoms with Crippen molar-refractivity contribution in [3.63, 3.8) is 0 Å². The van der Waals surface area contributed by atoms with Crippen molar-refractivity contribution < 1.29 is 19.6 Å². The van der Waals surface area contributed by atoms with Crippen molar-refractivity contribution in [2.75, 3.05) is 31.1 Å². The maximum Gasteiger partial charge on any atom is 0.410 e. The Bertz CT molecular complexity index is 740. The molecule has 1 aromatic heterocycles. The standard InChI is InChI=1S/C16H21N5O5/c1-16(2,3)26-15(23)19-6-7-20(11(9-19)10-22)14-5-4-13(21(24)25)12(8-17)18-14/h4-5,11,22H,6-7,9-10H2,1-3H3/t11-/m0/s1. The summed E-state index contributed by atoms with van der Waals surface area (Å²) in [5, 5.41) is 29.7. The molecule has 2 rings (SSSR count). The molecule has 26 heavy (non-hydrogen) atoms. The molecule has 0 radical (unpaired) electrons. The van der Waals surface area contributed by atoms with E-state index in [0.29, 0.717) is 18.9 Å². The van der Waals surface area contributed by atoms with Crippen molar-refractivity contribution in [3.05, 3.63) is 27.9 Å². The maximum absolute atomic E-state index is 12.2. The van der Waals surface area contributed by atoms with Crippen LogP contribution in [-0.4, -0.2) is 63.9 Å². The number of carbonyl (C=O) groups excluding carboxylic acids is 1. The van der Waals surface area contributed by atoms with E-state index >= 15 is 0 Å². The number of nitriles is 1. The molecule has 1 saturated heterocycles. The van der Waals surface area contributed by atoms with E-state index in [0.717, 1.165) is 0 Å². The largest absolute Gasteiger partial charge is 0.444 e. The van der Waals surface area contributed by atoms with Crippen LogP contribution in [0.4, 0.5) is 16.3 Å². The second-order valence-corrected chi connectivity index (χ2v) is 6.86. The quantitative estimate of drug-likeness (QED) is 0.627.